The lowest BCUT2D eigenvalue weighted by molar-refractivity contribution is -0.139. The molecule has 0 bridgehead atoms. The van der Waals surface area contributed by atoms with Gasteiger partial charge >= 0.3 is 0 Å². The van der Waals surface area contributed by atoms with Gasteiger partial charge in [0, 0.05) is 12.5 Å². The van der Waals surface area contributed by atoms with Gasteiger partial charge in [-0.25, -0.2) is 0 Å². The molecule has 146 valence electrons. The molecule has 0 spiro atoms. The van der Waals surface area contributed by atoms with Crippen LogP contribution in [-0.2, 0) is 11.2 Å². The monoisotopic (exact) mass is 366 g/mol. The third kappa shape index (κ3) is 3.47. The molecule has 1 N–H and O–H groups in total. The molecule has 1 aliphatic heterocycles. The van der Waals surface area contributed by atoms with Gasteiger partial charge in [-0.1, -0.05) is 38.1 Å². The van der Waals surface area contributed by atoms with Gasteiger partial charge in [0.2, 0.25) is 5.91 Å². The van der Waals surface area contributed by atoms with Crippen LogP contribution in [0.5, 0.6) is 0 Å². The zero-order valence-corrected chi connectivity index (χ0v) is 17.1. The molecule has 1 amide bonds. The fraction of sp³-hybridized carbons (Fsp3) is 0.625. The minimum absolute atomic E-state index is 0.241. The Morgan fingerprint density at radius 3 is 2.63 bits per heavy atom. The Kier molecular flexibility index (Phi) is 5.41. The fourth-order valence-corrected chi connectivity index (χ4v) is 5.74. The molecule has 1 aromatic carbocycles. The van der Waals surface area contributed by atoms with E-state index >= 15 is 0 Å². The summed E-state index contributed by atoms with van der Waals surface area (Å²) < 4.78 is 0. The van der Waals surface area contributed by atoms with Crippen molar-refractivity contribution in [3.05, 3.63) is 41.0 Å². The number of carbonyl (C=O) groups is 1. The van der Waals surface area contributed by atoms with E-state index in [1.165, 1.54) is 35.1 Å². The number of hydrogen-bond acceptors (Lipinski definition) is 2. The summed E-state index contributed by atoms with van der Waals surface area (Å²) in [5.74, 6) is 1.89. The predicted molar refractivity (Wildman–Crippen MR) is 111 cm³/mol. The van der Waals surface area contributed by atoms with Crippen molar-refractivity contribution in [2.24, 2.45) is 17.8 Å². The first-order chi connectivity index (χ1) is 13.1. The van der Waals surface area contributed by atoms with Gasteiger partial charge in [0.25, 0.3) is 0 Å². The highest BCUT2D eigenvalue weighted by molar-refractivity contribution is 5.84. The van der Waals surface area contributed by atoms with Gasteiger partial charge in [0.1, 0.15) is 0 Å². The summed E-state index contributed by atoms with van der Waals surface area (Å²) >= 11 is 0. The van der Waals surface area contributed by atoms with E-state index in [-0.39, 0.29) is 12.0 Å². The van der Waals surface area contributed by atoms with Gasteiger partial charge < -0.3 is 10.2 Å². The zero-order valence-electron chi connectivity index (χ0n) is 17.1. The van der Waals surface area contributed by atoms with E-state index in [9.17, 15) is 4.79 Å². The second kappa shape index (κ2) is 7.79. The van der Waals surface area contributed by atoms with Gasteiger partial charge in [-0.15, -0.1) is 0 Å². The van der Waals surface area contributed by atoms with E-state index in [0.717, 1.165) is 44.7 Å². The molecule has 1 aromatic rings. The highest BCUT2D eigenvalue weighted by Crippen LogP contribution is 2.43. The van der Waals surface area contributed by atoms with Crippen molar-refractivity contribution < 1.29 is 4.79 Å². The lowest BCUT2D eigenvalue weighted by atomic mass is 9.79. The number of nitrogens with zero attached hydrogens (tertiary/aromatic N) is 1. The van der Waals surface area contributed by atoms with Crippen molar-refractivity contribution in [3.8, 4) is 0 Å². The molecule has 3 nitrogen and oxygen atoms in total. The summed E-state index contributed by atoms with van der Waals surface area (Å²) in [4.78, 5) is 15.7. The maximum atomic E-state index is 13.5. The Morgan fingerprint density at radius 1 is 1.19 bits per heavy atom. The number of carbonyl (C=O) groups excluding carboxylic acids is 1. The third-order valence-electron chi connectivity index (χ3n) is 7.01. The standard InChI is InChI=1S/C24H34N2O/c1-16(2)23-22-14-19-6-4-5-7-20(19)21(22)12-13-26(23)24(27)18-10-8-17(9-11-18)15-25-3/h4-7,16-18,23,25H,8-15H2,1-3H3. The van der Waals surface area contributed by atoms with Crippen molar-refractivity contribution in [3.63, 3.8) is 0 Å². The van der Waals surface area contributed by atoms with Gasteiger partial charge in [-0.3, -0.25) is 4.79 Å². The van der Waals surface area contributed by atoms with E-state index in [1.54, 1.807) is 0 Å². The summed E-state index contributed by atoms with van der Waals surface area (Å²) in [7, 11) is 2.03. The molecule has 27 heavy (non-hydrogen) atoms. The Balaban J connectivity index is 1.52. The molecule has 0 radical (unpaired) electrons. The van der Waals surface area contributed by atoms with Crippen LogP contribution in [0, 0.1) is 17.8 Å². The summed E-state index contributed by atoms with van der Waals surface area (Å²) in [6, 6.07) is 9.12. The predicted octanol–water partition coefficient (Wildman–Crippen LogP) is 4.28. The smallest absolute Gasteiger partial charge is 0.226 e. The number of fused-ring (bicyclic) bond motifs is 2. The number of nitrogens with one attached hydrogen (secondary N) is 1. The highest BCUT2D eigenvalue weighted by Gasteiger charge is 2.40. The van der Waals surface area contributed by atoms with Gasteiger partial charge in [-0.2, -0.15) is 0 Å². The van der Waals surface area contributed by atoms with E-state index in [0.29, 0.717) is 11.8 Å². The lowest BCUT2D eigenvalue weighted by Gasteiger charge is -2.42. The molecule has 2 aliphatic carbocycles. The first-order valence-corrected chi connectivity index (χ1v) is 10.9. The average molecular weight is 367 g/mol. The second-order valence-corrected chi connectivity index (χ2v) is 9.08. The maximum absolute atomic E-state index is 13.5. The normalized spacial score (nSPS) is 27.7. The Hall–Kier alpha value is -1.61. The minimum Gasteiger partial charge on any atom is -0.335 e. The number of rotatable bonds is 4. The summed E-state index contributed by atoms with van der Waals surface area (Å²) in [6.45, 7) is 6.56. The SMILES string of the molecule is CNCC1CCC(C(=O)N2CCC3=C(Cc4ccccc43)C2C(C)C)CC1. The van der Waals surface area contributed by atoms with Crippen LogP contribution in [0.3, 0.4) is 0 Å². The molecular formula is C24H34N2O. The Bertz CT molecular complexity index is 728. The average Bonchev–Trinajstić information content (AvgIpc) is 3.06. The molecule has 4 rings (SSSR count). The second-order valence-electron chi connectivity index (χ2n) is 9.08. The number of benzene rings is 1. The van der Waals surface area contributed by atoms with Gasteiger partial charge in [0.05, 0.1) is 6.04 Å². The van der Waals surface area contributed by atoms with Crippen LogP contribution in [-0.4, -0.2) is 37.0 Å². The number of amides is 1. The summed E-state index contributed by atoms with van der Waals surface area (Å²) in [5, 5.41) is 3.30. The zero-order chi connectivity index (χ0) is 19.0. The molecular weight excluding hydrogens is 332 g/mol. The molecule has 0 aromatic heterocycles. The first-order valence-electron chi connectivity index (χ1n) is 10.9. The van der Waals surface area contributed by atoms with Crippen molar-refractivity contribution in [1.82, 2.24) is 10.2 Å². The largest absolute Gasteiger partial charge is 0.335 e. The molecule has 1 unspecified atom stereocenters. The molecule has 3 heteroatoms. The maximum Gasteiger partial charge on any atom is 0.226 e. The van der Waals surface area contributed by atoms with Crippen molar-refractivity contribution in [1.29, 1.82) is 0 Å². The van der Waals surface area contributed by atoms with E-state index < -0.39 is 0 Å². The Labute approximate surface area is 164 Å². The van der Waals surface area contributed by atoms with E-state index in [4.69, 9.17) is 0 Å². The van der Waals surface area contributed by atoms with Crippen LogP contribution < -0.4 is 5.32 Å². The first kappa shape index (κ1) is 18.7. The van der Waals surface area contributed by atoms with Crippen molar-refractivity contribution in [2.45, 2.75) is 58.4 Å². The summed E-state index contributed by atoms with van der Waals surface area (Å²) in [5.41, 5.74) is 5.95. The van der Waals surface area contributed by atoms with E-state index in [2.05, 4.69) is 48.3 Å². The molecule has 0 saturated heterocycles. The molecule has 1 fully saturated rings. The van der Waals surface area contributed by atoms with Crippen LogP contribution >= 0.6 is 0 Å². The van der Waals surface area contributed by atoms with Crippen LogP contribution in [0.25, 0.3) is 5.57 Å². The fourth-order valence-electron chi connectivity index (χ4n) is 5.74. The van der Waals surface area contributed by atoms with Gasteiger partial charge in [-0.05, 0) is 86.2 Å². The van der Waals surface area contributed by atoms with Gasteiger partial charge in [0.15, 0.2) is 0 Å². The molecule has 1 saturated carbocycles. The third-order valence-corrected chi connectivity index (χ3v) is 7.01. The topological polar surface area (TPSA) is 32.3 Å². The summed E-state index contributed by atoms with van der Waals surface area (Å²) in [6.07, 6.45) is 6.58. The minimum atomic E-state index is 0.241. The lowest BCUT2D eigenvalue weighted by Crippen LogP contribution is -2.50. The molecule has 3 aliphatic rings. The highest BCUT2D eigenvalue weighted by atomic mass is 16.2. The van der Waals surface area contributed by atoms with E-state index in [1.807, 2.05) is 7.05 Å². The quantitative estimate of drug-likeness (QED) is 0.863. The van der Waals surface area contributed by atoms with Crippen LogP contribution in [0.15, 0.2) is 29.8 Å². The van der Waals surface area contributed by atoms with Crippen molar-refractivity contribution >= 4 is 11.5 Å². The Morgan fingerprint density at radius 2 is 1.93 bits per heavy atom. The van der Waals surface area contributed by atoms with Crippen LogP contribution in [0.1, 0.15) is 57.1 Å². The molecule has 1 atom stereocenters. The van der Waals surface area contributed by atoms with Crippen molar-refractivity contribution in [2.75, 3.05) is 20.1 Å². The molecule has 1 heterocycles. The number of hydrogen-bond donors (Lipinski definition) is 1. The van der Waals surface area contributed by atoms with Crippen LogP contribution in [0.4, 0.5) is 0 Å². The van der Waals surface area contributed by atoms with Crippen LogP contribution in [0.2, 0.25) is 0 Å².